The molecule has 4 aliphatic carbocycles. The molecular formula is C22H38. The van der Waals surface area contributed by atoms with Crippen LogP contribution in [-0.2, 0) is 0 Å². The van der Waals surface area contributed by atoms with Gasteiger partial charge in [-0.2, -0.15) is 0 Å². The van der Waals surface area contributed by atoms with E-state index in [2.05, 4.69) is 20.8 Å². The molecule has 0 N–H and O–H groups in total. The first-order chi connectivity index (χ1) is 10.6. The maximum Gasteiger partial charge on any atom is -0.0320 e. The van der Waals surface area contributed by atoms with Crippen LogP contribution in [0.4, 0.5) is 0 Å². The molecule has 4 rings (SSSR count). The molecule has 0 aromatic heterocycles. The monoisotopic (exact) mass is 302 g/mol. The summed E-state index contributed by atoms with van der Waals surface area (Å²) >= 11 is 0. The van der Waals surface area contributed by atoms with Gasteiger partial charge in [0.2, 0.25) is 0 Å². The summed E-state index contributed by atoms with van der Waals surface area (Å²) in [6.45, 7) is 7.85. The van der Waals surface area contributed by atoms with E-state index in [1.807, 2.05) is 0 Å². The summed E-state index contributed by atoms with van der Waals surface area (Å²) in [7, 11) is 0. The molecule has 6 unspecified atom stereocenters. The van der Waals surface area contributed by atoms with Crippen LogP contribution in [0.2, 0.25) is 0 Å². The van der Waals surface area contributed by atoms with E-state index in [9.17, 15) is 0 Å². The highest BCUT2D eigenvalue weighted by Crippen LogP contribution is 2.64. The van der Waals surface area contributed by atoms with Gasteiger partial charge in [0.1, 0.15) is 0 Å². The minimum Gasteiger partial charge on any atom is -0.0620 e. The van der Waals surface area contributed by atoms with Crippen molar-refractivity contribution in [3.63, 3.8) is 0 Å². The predicted molar refractivity (Wildman–Crippen MR) is 94.7 cm³/mol. The Kier molecular flexibility index (Phi) is 4.10. The average Bonchev–Trinajstić information content (AvgIpc) is 2.81. The second kappa shape index (κ2) is 5.82. The van der Waals surface area contributed by atoms with Crippen molar-refractivity contribution in [2.24, 2.45) is 46.8 Å². The molecule has 6 atom stereocenters. The topological polar surface area (TPSA) is 0 Å². The summed E-state index contributed by atoms with van der Waals surface area (Å²) in [4.78, 5) is 0. The third-order valence-corrected chi connectivity index (χ3v) is 8.84. The van der Waals surface area contributed by atoms with Gasteiger partial charge in [0.15, 0.2) is 0 Å². The summed E-state index contributed by atoms with van der Waals surface area (Å²) in [5.41, 5.74) is 0.650. The van der Waals surface area contributed by atoms with Crippen LogP contribution >= 0.6 is 0 Å². The van der Waals surface area contributed by atoms with Gasteiger partial charge in [0, 0.05) is 0 Å². The first-order valence-corrected chi connectivity index (χ1v) is 10.6. The lowest BCUT2D eigenvalue weighted by Crippen LogP contribution is -2.42. The molecule has 0 spiro atoms. The van der Waals surface area contributed by atoms with Crippen molar-refractivity contribution in [3.05, 3.63) is 0 Å². The molecule has 0 radical (unpaired) electrons. The largest absolute Gasteiger partial charge is 0.0620 e. The van der Waals surface area contributed by atoms with Gasteiger partial charge in [-0.1, -0.05) is 59.3 Å². The van der Waals surface area contributed by atoms with Crippen molar-refractivity contribution in [2.75, 3.05) is 0 Å². The zero-order valence-corrected chi connectivity index (χ0v) is 15.3. The quantitative estimate of drug-likeness (QED) is 0.533. The molecule has 4 aliphatic rings. The number of hydrogen-bond acceptors (Lipinski definition) is 0. The Labute approximate surface area is 138 Å². The van der Waals surface area contributed by atoms with E-state index in [-0.39, 0.29) is 0 Å². The van der Waals surface area contributed by atoms with E-state index >= 15 is 0 Å². The van der Waals surface area contributed by atoms with Crippen LogP contribution in [0.1, 0.15) is 91.4 Å². The van der Waals surface area contributed by atoms with Crippen molar-refractivity contribution >= 4 is 0 Å². The van der Waals surface area contributed by atoms with Crippen LogP contribution < -0.4 is 0 Å². The first-order valence-electron chi connectivity index (χ1n) is 10.6. The zero-order valence-electron chi connectivity index (χ0n) is 15.3. The second-order valence-corrected chi connectivity index (χ2v) is 10.2. The zero-order chi connectivity index (χ0) is 15.3. The van der Waals surface area contributed by atoms with Gasteiger partial charge in [-0.15, -0.1) is 0 Å². The summed E-state index contributed by atoms with van der Waals surface area (Å²) in [6.07, 6.45) is 17.0. The summed E-state index contributed by atoms with van der Waals surface area (Å²) < 4.78 is 0. The maximum atomic E-state index is 2.66. The Bertz CT molecular complexity index is 389. The van der Waals surface area contributed by atoms with E-state index in [1.165, 1.54) is 25.7 Å². The average molecular weight is 303 g/mol. The number of rotatable bonds is 2. The van der Waals surface area contributed by atoms with Crippen LogP contribution in [0.3, 0.4) is 0 Å². The molecule has 4 saturated carbocycles. The molecule has 0 saturated heterocycles. The Morgan fingerprint density at radius 2 is 1.59 bits per heavy atom. The van der Waals surface area contributed by atoms with Crippen molar-refractivity contribution in [3.8, 4) is 0 Å². The van der Waals surface area contributed by atoms with Gasteiger partial charge in [-0.05, 0) is 78.9 Å². The molecule has 4 fully saturated rings. The fraction of sp³-hybridized carbons (Fsp3) is 1.00. The fourth-order valence-electron chi connectivity index (χ4n) is 7.89. The molecule has 0 nitrogen and oxygen atoms in total. The lowest BCUT2D eigenvalue weighted by molar-refractivity contribution is -0.00952. The van der Waals surface area contributed by atoms with Crippen molar-refractivity contribution < 1.29 is 0 Å². The highest BCUT2D eigenvalue weighted by molar-refractivity contribution is 5.05. The van der Waals surface area contributed by atoms with Gasteiger partial charge in [0.25, 0.3) is 0 Å². The van der Waals surface area contributed by atoms with Gasteiger partial charge < -0.3 is 0 Å². The first kappa shape index (κ1) is 15.5. The summed E-state index contributed by atoms with van der Waals surface area (Å²) in [5.74, 6) is 7.57. The molecule has 0 aromatic carbocycles. The van der Waals surface area contributed by atoms with E-state index in [0.717, 1.165) is 41.4 Å². The lowest BCUT2D eigenvalue weighted by Gasteiger charge is -2.50. The van der Waals surface area contributed by atoms with Crippen molar-refractivity contribution in [1.29, 1.82) is 0 Å². The van der Waals surface area contributed by atoms with Gasteiger partial charge in [-0.3, -0.25) is 0 Å². The lowest BCUT2D eigenvalue weighted by atomic mass is 9.55. The van der Waals surface area contributed by atoms with E-state index in [1.54, 1.807) is 44.9 Å². The van der Waals surface area contributed by atoms with Crippen molar-refractivity contribution in [1.82, 2.24) is 0 Å². The highest BCUT2D eigenvalue weighted by atomic mass is 14.6. The van der Waals surface area contributed by atoms with Crippen LogP contribution in [0.25, 0.3) is 0 Å². The van der Waals surface area contributed by atoms with Gasteiger partial charge in [0.05, 0.1) is 0 Å². The maximum absolute atomic E-state index is 2.66. The number of hydrogen-bond donors (Lipinski definition) is 0. The normalized spacial score (nSPS) is 46.2. The van der Waals surface area contributed by atoms with E-state index in [4.69, 9.17) is 0 Å². The SMILES string of the molecule is CC(C1CCCCC1)C1CCC2CC(C)(C)C3CCCC1C23. The summed E-state index contributed by atoms with van der Waals surface area (Å²) in [6, 6.07) is 0. The van der Waals surface area contributed by atoms with Gasteiger partial charge >= 0.3 is 0 Å². The third-order valence-electron chi connectivity index (χ3n) is 8.84. The third kappa shape index (κ3) is 2.48. The Morgan fingerprint density at radius 3 is 2.36 bits per heavy atom. The molecule has 0 bridgehead atoms. The molecule has 0 aliphatic heterocycles. The fourth-order valence-corrected chi connectivity index (χ4v) is 7.89. The minimum atomic E-state index is 0.650. The van der Waals surface area contributed by atoms with Crippen molar-refractivity contribution in [2.45, 2.75) is 91.4 Å². The van der Waals surface area contributed by atoms with E-state index < -0.39 is 0 Å². The second-order valence-electron chi connectivity index (χ2n) is 10.2. The van der Waals surface area contributed by atoms with Crippen LogP contribution in [-0.4, -0.2) is 0 Å². The Morgan fingerprint density at radius 1 is 0.818 bits per heavy atom. The molecule has 22 heavy (non-hydrogen) atoms. The summed E-state index contributed by atoms with van der Waals surface area (Å²) in [5, 5.41) is 0. The van der Waals surface area contributed by atoms with Crippen LogP contribution in [0.5, 0.6) is 0 Å². The standard InChI is InChI=1S/C22H38/c1-15(16-8-5-4-6-9-16)18-13-12-17-14-22(2,3)20-11-7-10-19(18)21(17)20/h15-21H,4-14H2,1-3H3. The molecular weight excluding hydrogens is 264 g/mol. The predicted octanol–water partition coefficient (Wildman–Crippen LogP) is 6.69. The highest BCUT2D eigenvalue weighted by Gasteiger charge is 2.55. The Balaban J connectivity index is 1.53. The van der Waals surface area contributed by atoms with Crippen LogP contribution in [0.15, 0.2) is 0 Å². The van der Waals surface area contributed by atoms with E-state index in [0.29, 0.717) is 5.41 Å². The molecule has 0 heteroatoms. The molecule has 0 aromatic rings. The smallest absolute Gasteiger partial charge is 0.0320 e. The molecule has 126 valence electrons. The minimum absolute atomic E-state index is 0.650. The van der Waals surface area contributed by atoms with Gasteiger partial charge in [-0.25, -0.2) is 0 Å². The van der Waals surface area contributed by atoms with Crippen LogP contribution in [0, 0.1) is 46.8 Å². The Hall–Kier alpha value is 0. The molecule has 0 amide bonds. The molecule has 0 heterocycles.